The van der Waals surface area contributed by atoms with E-state index in [1.807, 2.05) is 12.1 Å². The van der Waals surface area contributed by atoms with Crippen LogP contribution in [-0.2, 0) is 5.75 Å². The maximum absolute atomic E-state index is 4.22. The Morgan fingerprint density at radius 1 is 1.38 bits per heavy atom. The molecule has 3 nitrogen and oxygen atoms in total. The van der Waals surface area contributed by atoms with Gasteiger partial charge in [0.25, 0.3) is 0 Å². The van der Waals surface area contributed by atoms with Gasteiger partial charge in [-0.3, -0.25) is 10.1 Å². The van der Waals surface area contributed by atoms with Crippen LogP contribution in [0.2, 0.25) is 0 Å². The van der Waals surface area contributed by atoms with Crippen LogP contribution in [0.4, 0.5) is 0 Å². The number of nitrogens with zero attached hydrogens (tertiary/aromatic N) is 2. The smallest absolute Gasteiger partial charge is 0.0705 e. The summed E-state index contributed by atoms with van der Waals surface area (Å²) in [5.41, 5.74) is 3.14. The van der Waals surface area contributed by atoms with E-state index in [1.165, 1.54) is 0 Å². The molecule has 0 bridgehead atoms. The minimum Gasteiger partial charge on any atom is -0.277 e. The molecule has 0 saturated carbocycles. The molecule has 4 heteroatoms. The van der Waals surface area contributed by atoms with Gasteiger partial charge in [0.1, 0.15) is 0 Å². The van der Waals surface area contributed by atoms with Crippen molar-refractivity contribution in [3.8, 4) is 11.3 Å². The van der Waals surface area contributed by atoms with Crippen LogP contribution in [0.1, 0.15) is 5.56 Å². The molecule has 2 aromatic heterocycles. The second kappa shape index (κ2) is 3.62. The number of thiol groups is 1. The highest BCUT2D eigenvalue weighted by Crippen LogP contribution is 2.20. The van der Waals surface area contributed by atoms with Crippen LogP contribution in [0.3, 0.4) is 0 Å². The van der Waals surface area contributed by atoms with Crippen molar-refractivity contribution in [3.05, 3.63) is 36.3 Å². The second-order valence-corrected chi connectivity index (χ2v) is 2.99. The third kappa shape index (κ3) is 1.58. The van der Waals surface area contributed by atoms with Crippen molar-refractivity contribution in [1.82, 2.24) is 15.2 Å². The molecular weight excluding hydrogens is 182 g/mol. The Morgan fingerprint density at radius 3 is 3.00 bits per heavy atom. The first-order chi connectivity index (χ1) is 6.42. The van der Waals surface area contributed by atoms with Crippen molar-refractivity contribution in [3.63, 3.8) is 0 Å². The van der Waals surface area contributed by atoms with Gasteiger partial charge in [0.2, 0.25) is 0 Å². The van der Waals surface area contributed by atoms with Gasteiger partial charge < -0.3 is 0 Å². The van der Waals surface area contributed by atoms with Crippen molar-refractivity contribution < 1.29 is 0 Å². The van der Waals surface area contributed by atoms with Gasteiger partial charge in [-0.2, -0.15) is 17.7 Å². The molecule has 1 N–H and O–H groups in total. The average molecular weight is 191 g/mol. The molecule has 0 radical (unpaired) electrons. The average Bonchev–Trinajstić information content (AvgIpc) is 2.67. The number of aromatic nitrogens is 3. The van der Waals surface area contributed by atoms with Crippen molar-refractivity contribution in [2.45, 2.75) is 5.75 Å². The Hall–Kier alpha value is -1.29. The molecule has 0 fully saturated rings. The zero-order chi connectivity index (χ0) is 9.10. The van der Waals surface area contributed by atoms with E-state index in [0.29, 0.717) is 5.75 Å². The number of nitrogens with one attached hydrogen (secondary N) is 1. The lowest BCUT2D eigenvalue weighted by molar-refractivity contribution is 1.09. The Bertz CT molecular complexity index is 383. The summed E-state index contributed by atoms with van der Waals surface area (Å²) in [6.45, 7) is 0. The first-order valence-corrected chi connectivity index (χ1v) is 4.58. The van der Waals surface area contributed by atoms with Crippen LogP contribution >= 0.6 is 12.6 Å². The Balaban J connectivity index is 2.47. The Labute approximate surface area is 81.6 Å². The third-order valence-corrected chi connectivity index (χ3v) is 2.18. The lowest BCUT2D eigenvalue weighted by Gasteiger charge is -1.98. The predicted octanol–water partition coefficient (Wildman–Crippen LogP) is 1.90. The second-order valence-electron chi connectivity index (χ2n) is 2.67. The van der Waals surface area contributed by atoms with Crippen LogP contribution in [-0.4, -0.2) is 15.2 Å². The molecule has 2 rings (SSSR count). The molecular formula is C9H9N3S. The third-order valence-electron chi connectivity index (χ3n) is 1.84. The number of hydrogen-bond acceptors (Lipinski definition) is 3. The van der Waals surface area contributed by atoms with Crippen LogP contribution < -0.4 is 0 Å². The molecule has 66 valence electrons. The lowest BCUT2D eigenvalue weighted by Crippen LogP contribution is -1.83. The molecule has 0 aliphatic carbocycles. The standard InChI is InChI=1S/C9H9N3S/c13-6-8-5-11-12-9(8)7-2-1-3-10-4-7/h1-5,13H,6H2,(H,11,12). The fourth-order valence-electron chi connectivity index (χ4n) is 1.19. The summed E-state index contributed by atoms with van der Waals surface area (Å²) < 4.78 is 0. The van der Waals surface area contributed by atoms with Gasteiger partial charge in [0.15, 0.2) is 0 Å². The monoisotopic (exact) mass is 191 g/mol. The van der Waals surface area contributed by atoms with Crippen molar-refractivity contribution in [1.29, 1.82) is 0 Å². The molecule has 2 heterocycles. The van der Waals surface area contributed by atoms with Crippen LogP contribution in [0.15, 0.2) is 30.7 Å². The van der Waals surface area contributed by atoms with E-state index in [0.717, 1.165) is 16.8 Å². The normalized spacial score (nSPS) is 10.2. The lowest BCUT2D eigenvalue weighted by atomic mass is 10.1. The van der Waals surface area contributed by atoms with Crippen LogP contribution in [0, 0.1) is 0 Å². The first kappa shape index (κ1) is 8.31. The van der Waals surface area contributed by atoms with Gasteiger partial charge in [-0.25, -0.2) is 0 Å². The molecule has 0 spiro atoms. The van der Waals surface area contributed by atoms with Crippen molar-refractivity contribution >= 4 is 12.6 Å². The van der Waals surface area contributed by atoms with Gasteiger partial charge in [-0.1, -0.05) is 0 Å². The summed E-state index contributed by atoms with van der Waals surface area (Å²) >= 11 is 4.22. The Morgan fingerprint density at radius 2 is 2.31 bits per heavy atom. The van der Waals surface area contributed by atoms with Crippen molar-refractivity contribution in [2.24, 2.45) is 0 Å². The number of hydrogen-bond donors (Lipinski definition) is 2. The van der Waals surface area contributed by atoms with Gasteiger partial charge in [-0.05, 0) is 12.1 Å². The number of rotatable bonds is 2. The minimum absolute atomic E-state index is 0.681. The number of pyridine rings is 1. The van der Waals surface area contributed by atoms with E-state index in [2.05, 4.69) is 27.8 Å². The van der Waals surface area contributed by atoms with Gasteiger partial charge in [0, 0.05) is 29.3 Å². The minimum atomic E-state index is 0.681. The quantitative estimate of drug-likeness (QED) is 0.712. The van der Waals surface area contributed by atoms with Gasteiger partial charge >= 0.3 is 0 Å². The van der Waals surface area contributed by atoms with Gasteiger partial charge in [-0.15, -0.1) is 0 Å². The molecule has 0 aromatic carbocycles. The Kier molecular flexibility index (Phi) is 2.31. The number of aromatic amines is 1. The zero-order valence-corrected chi connectivity index (χ0v) is 7.83. The van der Waals surface area contributed by atoms with Gasteiger partial charge in [0.05, 0.1) is 11.9 Å². The van der Waals surface area contributed by atoms with E-state index >= 15 is 0 Å². The SMILES string of the molecule is SCc1cn[nH]c1-c1cccnc1. The summed E-state index contributed by atoms with van der Waals surface area (Å²) in [4.78, 5) is 4.04. The predicted molar refractivity (Wildman–Crippen MR) is 54.5 cm³/mol. The summed E-state index contributed by atoms with van der Waals surface area (Å²) in [7, 11) is 0. The fourth-order valence-corrected chi connectivity index (χ4v) is 1.43. The maximum atomic E-state index is 4.22. The molecule has 0 aliphatic rings. The number of H-pyrrole nitrogens is 1. The molecule has 2 aromatic rings. The first-order valence-electron chi connectivity index (χ1n) is 3.95. The topological polar surface area (TPSA) is 41.6 Å². The van der Waals surface area contributed by atoms with E-state index in [9.17, 15) is 0 Å². The highest BCUT2D eigenvalue weighted by Gasteiger charge is 2.04. The molecule has 0 saturated heterocycles. The van der Waals surface area contributed by atoms with E-state index in [-0.39, 0.29) is 0 Å². The fraction of sp³-hybridized carbons (Fsp3) is 0.111. The molecule has 0 unspecified atom stereocenters. The zero-order valence-electron chi connectivity index (χ0n) is 6.94. The van der Waals surface area contributed by atoms with Crippen LogP contribution in [0.25, 0.3) is 11.3 Å². The maximum Gasteiger partial charge on any atom is 0.0705 e. The molecule has 0 atom stereocenters. The highest BCUT2D eigenvalue weighted by atomic mass is 32.1. The van der Waals surface area contributed by atoms with Crippen molar-refractivity contribution in [2.75, 3.05) is 0 Å². The van der Waals surface area contributed by atoms with E-state index in [4.69, 9.17) is 0 Å². The summed E-state index contributed by atoms with van der Waals surface area (Å²) in [5, 5.41) is 6.90. The van der Waals surface area contributed by atoms with Crippen LogP contribution in [0.5, 0.6) is 0 Å². The summed E-state index contributed by atoms with van der Waals surface area (Å²) in [5.74, 6) is 0.681. The highest BCUT2D eigenvalue weighted by molar-refractivity contribution is 7.79. The largest absolute Gasteiger partial charge is 0.277 e. The van der Waals surface area contributed by atoms with E-state index in [1.54, 1.807) is 18.6 Å². The molecule has 13 heavy (non-hydrogen) atoms. The molecule has 0 aliphatic heterocycles. The summed E-state index contributed by atoms with van der Waals surface area (Å²) in [6, 6.07) is 3.89. The summed E-state index contributed by atoms with van der Waals surface area (Å²) in [6.07, 6.45) is 5.34. The van der Waals surface area contributed by atoms with E-state index < -0.39 is 0 Å². The molecule has 0 amide bonds.